The fourth-order valence-electron chi connectivity index (χ4n) is 4.49. The molecule has 0 saturated heterocycles. The monoisotopic (exact) mass is 485 g/mol. The minimum atomic E-state index is -0.272. The SMILES string of the molecule is COc1ccc(C2=NN(C(=O)CSc3cc(C)c4cc(C)cc(C)c4n3)[C@H](c3ccco3)C2)cc1. The fraction of sp³-hybridized carbons (Fsp3) is 0.250. The van der Waals surface area contributed by atoms with E-state index in [2.05, 4.69) is 39.0 Å². The van der Waals surface area contributed by atoms with Crippen LogP contribution in [0.4, 0.5) is 0 Å². The van der Waals surface area contributed by atoms with Crippen LogP contribution in [0.1, 0.15) is 40.5 Å². The second-order valence-electron chi connectivity index (χ2n) is 8.79. The van der Waals surface area contributed by atoms with Crippen molar-refractivity contribution in [2.75, 3.05) is 12.9 Å². The lowest BCUT2D eigenvalue weighted by Crippen LogP contribution is -2.28. The summed E-state index contributed by atoms with van der Waals surface area (Å²) in [4.78, 5) is 18.2. The second-order valence-corrected chi connectivity index (χ2v) is 9.79. The van der Waals surface area contributed by atoms with Crippen molar-refractivity contribution >= 4 is 34.3 Å². The molecule has 0 bridgehead atoms. The number of carbonyl (C=O) groups excluding carboxylic acids is 1. The molecule has 2 aromatic carbocycles. The summed E-state index contributed by atoms with van der Waals surface area (Å²) < 4.78 is 10.9. The average Bonchev–Trinajstić information content (AvgIpc) is 3.53. The van der Waals surface area contributed by atoms with Crippen LogP contribution >= 0.6 is 11.8 Å². The van der Waals surface area contributed by atoms with E-state index in [1.54, 1.807) is 18.4 Å². The molecule has 1 atom stereocenters. The van der Waals surface area contributed by atoms with Crippen LogP contribution < -0.4 is 4.74 Å². The minimum absolute atomic E-state index is 0.0833. The highest BCUT2D eigenvalue weighted by Crippen LogP contribution is 2.34. The number of rotatable bonds is 6. The summed E-state index contributed by atoms with van der Waals surface area (Å²) in [7, 11) is 1.64. The van der Waals surface area contributed by atoms with Gasteiger partial charge in [0, 0.05) is 11.8 Å². The summed E-state index contributed by atoms with van der Waals surface area (Å²) in [5.41, 5.74) is 6.31. The molecule has 0 fully saturated rings. The Kier molecular flexibility index (Phi) is 6.34. The minimum Gasteiger partial charge on any atom is -0.497 e. The lowest BCUT2D eigenvalue weighted by molar-refractivity contribution is -0.130. The Labute approximate surface area is 209 Å². The first-order valence-corrected chi connectivity index (χ1v) is 12.5. The van der Waals surface area contributed by atoms with E-state index in [1.165, 1.54) is 17.3 Å². The molecule has 0 spiro atoms. The molecule has 5 rings (SSSR count). The number of hydrazone groups is 1. The predicted octanol–water partition coefficient (Wildman–Crippen LogP) is 6.23. The van der Waals surface area contributed by atoms with Crippen molar-refractivity contribution in [3.8, 4) is 5.75 Å². The zero-order chi connectivity index (χ0) is 24.5. The Morgan fingerprint density at radius 2 is 1.91 bits per heavy atom. The predicted molar refractivity (Wildman–Crippen MR) is 139 cm³/mol. The second kappa shape index (κ2) is 9.58. The molecule has 0 N–H and O–H groups in total. The number of pyridine rings is 1. The number of methoxy groups -OCH3 is 1. The quantitative estimate of drug-likeness (QED) is 0.303. The molecule has 3 heterocycles. The highest BCUT2D eigenvalue weighted by molar-refractivity contribution is 7.99. The third kappa shape index (κ3) is 4.68. The molecule has 6 nitrogen and oxygen atoms in total. The van der Waals surface area contributed by atoms with E-state index in [9.17, 15) is 4.79 Å². The number of benzene rings is 2. The van der Waals surface area contributed by atoms with Gasteiger partial charge in [-0.2, -0.15) is 5.10 Å². The molecule has 0 saturated carbocycles. The van der Waals surface area contributed by atoms with Gasteiger partial charge in [-0.1, -0.05) is 23.4 Å². The number of thioether (sulfide) groups is 1. The molecule has 7 heteroatoms. The standard InChI is InChI=1S/C28H27N3O3S/c1-17-12-19(3)28-22(13-17)18(2)14-26(29-28)35-16-27(32)31-24(25-6-5-11-34-25)15-23(30-31)20-7-9-21(33-4)10-8-20/h5-14,24H,15-16H2,1-4H3/t24-/m0/s1. The topological polar surface area (TPSA) is 67.9 Å². The Bertz CT molecular complexity index is 1410. The zero-order valence-corrected chi connectivity index (χ0v) is 21.1. The summed E-state index contributed by atoms with van der Waals surface area (Å²) in [6.07, 6.45) is 2.21. The first kappa shape index (κ1) is 23.2. The van der Waals surface area contributed by atoms with Gasteiger partial charge in [0.1, 0.15) is 17.6 Å². The van der Waals surface area contributed by atoms with Crippen LogP contribution in [0, 0.1) is 20.8 Å². The van der Waals surface area contributed by atoms with Crippen molar-refractivity contribution in [2.24, 2.45) is 5.10 Å². The highest BCUT2D eigenvalue weighted by atomic mass is 32.2. The van der Waals surface area contributed by atoms with E-state index < -0.39 is 0 Å². The van der Waals surface area contributed by atoms with E-state index in [0.29, 0.717) is 6.42 Å². The number of fused-ring (bicyclic) bond motifs is 1. The summed E-state index contributed by atoms with van der Waals surface area (Å²) in [6.45, 7) is 6.27. The zero-order valence-electron chi connectivity index (χ0n) is 20.2. The van der Waals surface area contributed by atoms with Crippen LogP contribution in [0.25, 0.3) is 10.9 Å². The van der Waals surface area contributed by atoms with Gasteiger partial charge in [0.05, 0.1) is 35.4 Å². The number of aryl methyl sites for hydroxylation is 3. The highest BCUT2D eigenvalue weighted by Gasteiger charge is 2.34. The van der Waals surface area contributed by atoms with Gasteiger partial charge in [0.15, 0.2) is 0 Å². The molecule has 4 aromatic rings. The fourth-order valence-corrected chi connectivity index (χ4v) is 5.31. The number of hydrogen-bond acceptors (Lipinski definition) is 6. The number of nitrogens with zero attached hydrogens (tertiary/aromatic N) is 3. The van der Waals surface area contributed by atoms with Gasteiger partial charge in [-0.05, 0) is 86.0 Å². The number of amides is 1. The van der Waals surface area contributed by atoms with Gasteiger partial charge in [-0.15, -0.1) is 0 Å². The van der Waals surface area contributed by atoms with Crippen molar-refractivity contribution in [1.29, 1.82) is 0 Å². The largest absolute Gasteiger partial charge is 0.497 e. The molecule has 1 aliphatic rings. The van der Waals surface area contributed by atoms with Crippen molar-refractivity contribution in [3.05, 3.63) is 88.9 Å². The van der Waals surface area contributed by atoms with Crippen LogP contribution in [-0.4, -0.2) is 34.5 Å². The smallest absolute Gasteiger partial charge is 0.253 e. The van der Waals surface area contributed by atoms with Gasteiger partial charge in [0.2, 0.25) is 0 Å². The van der Waals surface area contributed by atoms with E-state index in [4.69, 9.17) is 19.2 Å². The van der Waals surface area contributed by atoms with Crippen LogP contribution in [-0.2, 0) is 4.79 Å². The Balaban J connectivity index is 1.38. The average molecular weight is 486 g/mol. The number of aromatic nitrogens is 1. The van der Waals surface area contributed by atoms with Crippen molar-refractivity contribution in [2.45, 2.75) is 38.3 Å². The molecule has 35 heavy (non-hydrogen) atoms. The van der Waals surface area contributed by atoms with Gasteiger partial charge in [-0.3, -0.25) is 4.79 Å². The van der Waals surface area contributed by atoms with Crippen LogP contribution in [0.3, 0.4) is 0 Å². The maximum absolute atomic E-state index is 13.4. The summed E-state index contributed by atoms with van der Waals surface area (Å²) in [5.74, 6) is 1.66. The van der Waals surface area contributed by atoms with Gasteiger partial charge in [-0.25, -0.2) is 9.99 Å². The van der Waals surface area contributed by atoms with E-state index in [1.807, 2.05) is 36.4 Å². The van der Waals surface area contributed by atoms with Gasteiger partial charge >= 0.3 is 0 Å². The van der Waals surface area contributed by atoms with Crippen LogP contribution in [0.15, 0.2) is 75.4 Å². The van der Waals surface area contributed by atoms with E-state index in [0.717, 1.165) is 49.8 Å². The summed E-state index contributed by atoms with van der Waals surface area (Å²) in [5, 5.41) is 8.28. The lowest BCUT2D eigenvalue weighted by Gasteiger charge is -2.19. The molecule has 0 unspecified atom stereocenters. The van der Waals surface area contributed by atoms with E-state index in [-0.39, 0.29) is 17.7 Å². The first-order chi connectivity index (χ1) is 16.9. The summed E-state index contributed by atoms with van der Waals surface area (Å²) >= 11 is 1.44. The molecular formula is C28H27N3O3S. The molecule has 1 aliphatic heterocycles. The van der Waals surface area contributed by atoms with Crippen LogP contribution in [0.5, 0.6) is 5.75 Å². The number of hydrogen-bond donors (Lipinski definition) is 0. The normalized spacial score (nSPS) is 15.5. The van der Waals surface area contributed by atoms with E-state index >= 15 is 0 Å². The maximum Gasteiger partial charge on any atom is 0.253 e. The molecule has 2 aromatic heterocycles. The third-order valence-corrected chi connectivity index (χ3v) is 7.13. The lowest BCUT2D eigenvalue weighted by atomic mass is 10.0. The molecule has 0 aliphatic carbocycles. The summed E-state index contributed by atoms with van der Waals surface area (Å²) in [6, 6.07) is 17.5. The number of furan rings is 1. The Morgan fingerprint density at radius 1 is 1.11 bits per heavy atom. The van der Waals surface area contributed by atoms with Crippen molar-refractivity contribution < 1.29 is 13.9 Å². The maximum atomic E-state index is 13.4. The first-order valence-electron chi connectivity index (χ1n) is 11.5. The van der Waals surface area contributed by atoms with Crippen molar-refractivity contribution in [1.82, 2.24) is 9.99 Å². The Morgan fingerprint density at radius 3 is 2.63 bits per heavy atom. The van der Waals surface area contributed by atoms with Crippen molar-refractivity contribution in [3.63, 3.8) is 0 Å². The third-order valence-electron chi connectivity index (χ3n) is 6.24. The molecule has 1 amide bonds. The molecule has 178 valence electrons. The Hall–Kier alpha value is -3.58. The molecule has 0 radical (unpaired) electrons. The number of ether oxygens (including phenoxy) is 1. The number of carbonyl (C=O) groups is 1. The molecular weight excluding hydrogens is 458 g/mol. The van der Waals surface area contributed by atoms with Gasteiger partial charge in [0.25, 0.3) is 5.91 Å². The van der Waals surface area contributed by atoms with Gasteiger partial charge < -0.3 is 9.15 Å². The van der Waals surface area contributed by atoms with Crippen LogP contribution in [0.2, 0.25) is 0 Å².